The number of rotatable bonds is 2. The number of hydrogen-bond acceptors (Lipinski definition) is 4. The predicted octanol–water partition coefficient (Wildman–Crippen LogP) is 3.88. The SMILES string of the molecule is N#Cc1cccc(-c2nn(C3c4cc(Cl)cc(Cl)c4CC3O)c3c2CNCC3)c1. The van der Waals surface area contributed by atoms with Crippen molar-refractivity contribution in [2.45, 2.75) is 31.5 Å². The van der Waals surface area contributed by atoms with Crippen molar-refractivity contribution in [2.24, 2.45) is 0 Å². The maximum absolute atomic E-state index is 10.9. The maximum Gasteiger partial charge on any atom is 0.104 e. The minimum Gasteiger partial charge on any atom is -0.390 e. The molecule has 0 saturated carbocycles. The van der Waals surface area contributed by atoms with Crippen LogP contribution >= 0.6 is 23.2 Å². The molecule has 0 amide bonds. The number of nitriles is 1. The molecule has 5 rings (SSSR count). The maximum atomic E-state index is 10.9. The lowest BCUT2D eigenvalue weighted by molar-refractivity contribution is 0.137. The van der Waals surface area contributed by atoms with E-state index in [9.17, 15) is 10.4 Å². The van der Waals surface area contributed by atoms with E-state index in [1.54, 1.807) is 12.1 Å². The van der Waals surface area contributed by atoms with E-state index in [0.29, 0.717) is 28.6 Å². The number of benzene rings is 2. The zero-order valence-electron chi connectivity index (χ0n) is 15.5. The minimum atomic E-state index is -0.627. The molecule has 0 spiro atoms. The Morgan fingerprint density at radius 1 is 1.21 bits per heavy atom. The molecule has 0 saturated heterocycles. The highest BCUT2D eigenvalue weighted by Crippen LogP contribution is 2.42. The lowest BCUT2D eigenvalue weighted by Crippen LogP contribution is -2.29. The number of aliphatic hydroxyl groups is 1. The normalized spacial score (nSPS) is 20.2. The Hall–Kier alpha value is -2.36. The molecule has 29 heavy (non-hydrogen) atoms. The van der Waals surface area contributed by atoms with E-state index in [1.165, 1.54) is 0 Å². The first-order valence-electron chi connectivity index (χ1n) is 9.54. The summed E-state index contributed by atoms with van der Waals surface area (Å²) in [5.41, 5.74) is 6.42. The highest BCUT2D eigenvalue weighted by molar-refractivity contribution is 6.35. The number of fused-ring (bicyclic) bond motifs is 2. The molecule has 0 bridgehead atoms. The van der Waals surface area contributed by atoms with Crippen molar-refractivity contribution in [3.63, 3.8) is 0 Å². The first-order valence-corrected chi connectivity index (χ1v) is 10.3. The Labute approximate surface area is 178 Å². The average molecular weight is 425 g/mol. The van der Waals surface area contributed by atoms with Gasteiger partial charge in [-0.15, -0.1) is 0 Å². The number of aliphatic hydroxyl groups excluding tert-OH is 1. The largest absolute Gasteiger partial charge is 0.390 e. The second-order valence-electron chi connectivity index (χ2n) is 7.51. The van der Waals surface area contributed by atoms with Crippen molar-refractivity contribution >= 4 is 23.2 Å². The van der Waals surface area contributed by atoms with Crippen LogP contribution in [-0.2, 0) is 19.4 Å². The molecule has 2 N–H and O–H groups in total. The Balaban J connectivity index is 1.70. The Bertz CT molecular complexity index is 1160. The van der Waals surface area contributed by atoms with E-state index in [-0.39, 0.29) is 6.04 Å². The van der Waals surface area contributed by atoms with E-state index in [1.807, 2.05) is 28.9 Å². The van der Waals surface area contributed by atoms with Gasteiger partial charge in [0.1, 0.15) is 6.04 Å². The summed E-state index contributed by atoms with van der Waals surface area (Å²) in [5.74, 6) is 0. The number of nitrogens with zero attached hydrogens (tertiary/aromatic N) is 3. The third kappa shape index (κ3) is 3.04. The van der Waals surface area contributed by atoms with Gasteiger partial charge in [0, 0.05) is 52.8 Å². The fraction of sp³-hybridized carbons (Fsp3) is 0.273. The smallest absolute Gasteiger partial charge is 0.104 e. The van der Waals surface area contributed by atoms with Crippen LogP contribution in [0.2, 0.25) is 10.0 Å². The van der Waals surface area contributed by atoms with Crippen molar-refractivity contribution in [3.8, 4) is 17.3 Å². The van der Waals surface area contributed by atoms with Gasteiger partial charge in [0.15, 0.2) is 0 Å². The van der Waals surface area contributed by atoms with E-state index in [4.69, 9.17) is 28.3 Å². The second kappa shape index (κ2) is 7.16. The number of nitrogens with one attached hydrogen (secondary N) is 1. The molecule has 2 aliphatic rings. The zero-order chi connectivity index (χ0) is 20.1. The minimum absolute atomic E-state index is 0.332. The lowest BCUT2D eigenvalue weighted by atomic mass is 10.00. The van der Waals surface area contributed by atoms with Crippen molar-refractivity contribution in [1.29, 1.82) is 5.26 Å². The lowest BCUT2D eigenvalue weighted by Gasteiger charge is -2.22. The van der Waals surface area contributed by atoms with Gasteiger partial charge in [-0.2, -0.15) is 10.4 Å². The van der Waals surface area contributed by atoms with Crippen LogP contribution in [0.3, 0.4) is 0 Å². The quantitative estimate of drug-likeness (QED) is 0.654. The molecule has 7 heteroatoms. The van der Waals surface area contributed by atoms with Crippen LogP contribution in [0.15, 0.2) is 36.4 Å². The molecule has 1 aromatic heterocycles. The first-order chi connectivity index (χ1) is 14.1. The molecule has 0 fully saturated rings. The molecular weight excluding hydrogens is 407 g/mol. The molecule has 146 valence electrons. The Kier molecular flexibility index (Phi) is 4.60. The van der Waals surface area contributed by atoms with Gasteiger partial charge in [0.25, 0.3) is 0 Å². The van der Waals surface area contributed by atoms with Crippen LogP contribution in [0.1, 0.15) is 34.0 Å². The van der Waals surface area contributed by atoms with Gasteiger partial charge in [0.05, 0.1) is 23.4 Å². The summed E-state index contributed by atoms with van der Waals surface area (Å²) in [6.07, 6.45) is 0.660. The topological polar surface area (TPSA) is 73.9 Å². The summed E-state index contributed by atoms with van der Waals surface area (Å²) in [4.78, 5) is 0. The molecule has 2 unspecified atom stereocenters. The van der Waals surface area contributed by atoms with E-state index in [2.05, 4.69) is 11.4 Å². The molecule has 3 aromatic rings. The van der Waals surface area contributed by atoms with Crippen molar-refractivity contribution < 1.29 is 5.11 Å². The third-order valence-electron chi connectivity index (χ3n) is 5.78. The summed E-state index contributed by atoms with van der Waals surface area (Å²) in [6.45, 7) is 1.55. The first kappa shape index (κ1) is 18.7. The number of aromatic nitrogens is 2. The van der Waals surface area contributed by atoms with Crippen LogP contribution in [0, 0.1) is 11.3 Å². The van der Waals surface area contributed by atoms with Crippen molar-refractivity contribution in [1.82, 2.24) is 15.1 Å². The fourth-order valence-electron chi connectivity index (χ4n) is 4.50. The van der Waals surface area contributed by atoms with Crippen LogP contribution in [0.5, 0.6) is 0 Å². The molecule has 2 aromatic carbocycles. The Morgan fingerprint density at radius 3 is 2.90 bits per heavy atom. The summed E-state index contributed by atoms with van der Waals surface area (Å²) in [7, 11) is 0. The van der Waals surface area contributed by atoms with Gasteiger partial charge in [-0.25, -0.2) is 0 Å². The standard InChI is InChI=1S/C22H18Cl2N4O/c23-14-7-16-15(18(24)8-14)9-20(29)22(16)28-19-4-5-26-11-17(19)21(27-28)13-3-1-2-12(6-13)10-25/h1-3,6-8,20,22,26,29H,4-5,9,11H2. The fourth-order valence-corrected chi connectivity index (χ4v) is 5.08. The molecule has 1 aliphatic carbocycles. The van der Waals surface area contributed by atoms with Crippen molar-refractivity contribution in [3.05, 3.63) is 74.4 Å². The van der Waals surface area contributed by atoms with Gasteiger partial charge < -0.3 is 10.4 Å². The molecule has 5 nitrogen and oxygen atoms in total. The molecule has 1 aliphatic heterocycles. The van der Waals surface area contributed by atoms with Gasteiger partial charge >= 0.3 is 0 Å². The van der Waals surface area contributed by atoms with Gasteiger partial charge in [-0.3, -0.25) is 4.68 Å². The molecular formula is C22H18Cl2N4O. The van der Waals surface area contributed by atoms with Crippen LogP contribution < -0.4 is 5.32 Å². The summed E-state index contributed by atoms with van der Waals surface area (Å²) in [6, 6.07) is 12.9. The molecule has 0 radical (unpaired) electrons. The number of halogens is 2. The highest BCUT2D eigenvalue weighted by Gasteiger charge is 2.37. The average Bonchev–Trinajstić information content (AvgIpc) is 3.25. The van der Waals surface area contributed by atoms with Crippen molar-refractivity contribution in [2.75, 3.05) is 6.54 Å². The predicted molar refractivity (Wildman–Crippen MR) is 112 cm³/mol. The highest BCUT2D eigenvalue weighted by atomic mass is 35.5. The van der Waals surface area contributed by atoms with E-state index >= 15 is 0 Å². The van der Waals surface area contributed by atoms with Crippen LogP contribution in [0.4, 0.5) is 0 Å². The van der Waals surface area contributed by atoms with Crippen LogP contribution in [-0.4, -0.2) is 27.5 Å². The van der Waals surface area contributed by atoms with Gasteiger partial charge in [0.2, 0.25) is 0 Å². The summed E-state index contributed by atoms with van der Waals surface area (Å²) < 4.78 is 1.95. The third-order valence-corrected chi connectivity index (χ3v) is 6.33. The monoisotopic (exact) mass is 424 g/mol. The second-order valence-corrected chi connectivity index (χ2v) is 8.35. The van der Waals surface area contributed by atoms with Gasteiger partial charge in [-0.05, 0) is 35.4 Å². The summed E-state index contributed by atoms with van der Waals surface area (Å²) >= 11 is 12.7. The van der Waals surface area contributed by atoms with Gasteiger partial charge in [-0.1, -0.05) is 35.3 Å². The zero-order valence-corrected chi connectivity index (χ0v) is 17.0. The van der Waals surface area contributed by atoms with E-state index < -0.39 is 6.10 Å². The number of hydrogen-bond donors (Lipinski definition) is 2. The summed E-state index contributed by atoms with van der Waals surface area (Å²) in [5, 5.41) is 29.7. The molecule has 2 heterocycles. The molecule has 2 atom stereocenters. The van der Waals surface area contributed by atoms with Crippen LogP contribution in [0.25, 0.3) is 11.3 Å². The van der Waals surface area contributed by atoms with E-state index in [0.717, 1.165) is 46.6 Å². The Morgan fingerprint density at radius 2 is 2.07 bits per heavy atom.